The number of amides is 1. The average molecular weight is 317 g/mol. The molecule has 0 bridgehead atoms. The van der Waals surface area contributed by atoms with Gasteiger partial charge in [-0.05, 0) is 25.5 Å². The second-order valence-corrected chi connectivity index (χ2v) is 5.02. The topological polar surface area (TPSA) is 66.8 Å². The van der Waals surface area contributed by atoms with Crippen molar-refractivity contribution in [3.8, 4) is 5.75 Å². The number of benzene rings is 1. The molecule has 1 saturated heterocycles. The molecule has 2 atom stereocenters. The number of alkyl halides is 3. The van der Waals surface area contributed by atoms with Crippen LogP contribution in [0.15, 0.2) is 24.3 Å². The van der Waals surface area contributed by atoms with Gasteiger partial charge in [0.25, 0.3) is 5.91 Å². The molecule has 8 heteroatoms. The largest absolute Gasteiger partial charge is 0.573 e. The summed E-state index contributed by atoms with van der Waals surface area (Å²) in [6.45, 7) is 1.74. The average Bonchev–Trinajstić information content (AvgIpc) is 2.78. The molecule has 1 amide bonds. The first-order valence-corrected chi connectivity index (χ1v) is 6.59. The normalized spacial score (nSPS) is 21.7. The van der Waals surface area contributed by atoms with Gasteiger partial charge in [0.15, 0.2) is 0 Å². The summed E-state index contributed by atoms with van der Waals surface area (Å²) in [4.78, 5) is 24.7. The van der Waals surface area contributed by atoms with Crippen molar-refractivity contribution < 1.29 is 32.6 Å². The summed E-state index contributed by atoms with van der Waals surface area (Å²) < 4.78 is 41.0. The molecule has 1 fully saturated rings. The number of rotatable bonds is 3. The van der Waals surface area contributed by atoms with Gasteiger partial charge >= 0.3 is 12.3 Å². The predicted molar refractivity (Wildman–Crippen MR) is 69.4 cm³/mol. The van der Waals surface area contributed by atoms with Gasteiger partial charge in [-0.3, -0.25) is 9.59 Å². The summed E-state index contributed by atoms with van der Waals surface area (Å²) >= 11 is 0. The van der Waals surface area contributed by atoms with E-state index < -0.39 is 35.9 Å². The lowest BCUT2D eigenvalue weighted by atomic mass is 10.0. The lowest BCUT2D eigenvalue weighted by molar-refractivity contribution is -0.274. The number of hydrogen-bond donors (Lipinski definition) is 1. The van der Waals surface area contributed by atoms with E-state index in [1.54, 1.807) is 6.92 Å². The highest BCUT2D eigenvalue weighted by Crippen LogP contribution is 2.31. The van der Waals surface area contributed by atoms with Crippen molar-refractivity contribution in [3.63, 3.8) is 0 Å². The number of carboxylic acid groups (broad SMARTS) is 1. The zero-order valence-corrected chi connectivity index (χ0v) is 11.6. The second-order valence-electron chi connectivity index (χ2n) is 5.02. The summed E-state index contributed by atoms with van der Waals surface area (Å²) in [6.07, 6.45) is -4.64. The number of ether oxygens (including phenoxy) is 1. The van der Waals surface area contributed by atoms with Crippen LogP contribution in [0.25, 0.3) is 0 Å². The molecule has 0 spiro atoms. The number of carboxylic acids is 1. The Balaban J connectivity index is 2.26. The van der Waals surface area contributed by atoms with Crippen molar-refractivity contribution in [3.05, 3.63) is 29.8 Å². The number of carbonyl (C=O) groups excluding carboxylic acids is 1. The van der Waals surface area contributed by atoms with Crippen molar-refractivity contribution in [1.29, 1.82) is 0 Å². The molecule has 0 saturated carbocycles. The monoisotopic (exact) mass is 317 g/mol. The Morgan fingerprint density at radius 2 is 1.95 bits per heavy atom. The van der Waals surface area contributed by atoms with E-state index in [2.05, 4.69) is 4.74 Å². The van der Waals surface area contributed by atoms with Crippen LogP contribution in [0, 0.1) is 5.92 Å². The van der Waals surface area contributed by atoms with E-state index in [9.17, 15) is 22.8 Å². The zero-order valence-electron chi connectivity index (χ0n) is 11.6. The van der Waals surface area contributed by atoms with Crippen LogP contribution in [0.4, 0.5) is 13.2 Å². The first kappa shape index (κ1) is 16.1. The number of halogens is 3. The minimum Gasteiger partial charge on any atom is -0.481 e. The maximum absolute atomic E-state index is 12.4. The Labute approximate surface area is 124 Å². The van der Waals surface area contributed by atoms with Crippen LogP contribution in [0.5, 0.6) is 5.75 Å². The Hall–Kier alpha value is -2.25. The van der Waals surface area contributed by atoms with Crippen LogP contribution in [-0.2, 0) is 4.79 Å². The number of aliphatic carboxylic acids is 1. The van der Waals surface area contributed by atoms with Crippen LogP contribution in [-0.4, -0.2) is 40.8 Å². The van der Waals surface area contributed by atoms with Gasteiger partial charge in [0.2, 0.25) is 0 Å². The van der Waals surface area contributed by atoms with Crippen molar-refractivity contribution in [2.24, 2.45) is 5.92 Å². The number of para-hydroxylation sites is 1. The van der Waals surface area contributed by atoms with E-state index in [1.165, 1.54) is 23.1 Å². The zero-order chi connectivity index (χ0) is 16.5. The van der Waals surface area contributed by atoms with E-state index in [1.807, 2.05) is 0 Å². The fraction of sp³-hybridized carbons (Fsp3) is 0.429. The summed E-state index contributed by atoms with van der Waals surface area (Å²) in [6, 6.07) is 4.43. The van der Waals surface area contributed by atoms with Crippen LogP contribution in [0.3, 0.4) is 0 Å². The molecule has 0 aliphatic carbocycles. The molecule has 1 aliphatic rings. The molecular formula is C14H14F3NO4. The fourth-order valence-corrected chi connectivity index (χ4v) is 2.57. The molecule has 1 aromatic rings. The van der Waals surface area contributed by atoms with Gasteiger partial charge in [-0.25, -0.2) is 0 Å². The smallest absolute Gasteiger partial charge is 0.481 e. The van der Waals surface area contributed by atoms with E-state index in [0.717, 1.165) is 6.07 Å². The Kier molecular flexibility index (Phi) is 4.30. The summed E-state index contributed by atoms with van der Waals surface area (Å²) in [5.74, 6) is -3.01. The summed E-state index contributed by atoms with van der Waals surface area (Å²) in [7, 11) is 0. The van der Waals surface area contributed by atoms with Crippen LogP contribution in [0.1, 0.15) is 23.7 Å². The second kappa shape index (κ2) is 5.86. The van der Waals surface area contributed by atoms with Gasteiger partial charge in [-0.1, -0.05) is 12.1 Å². The molecular weight excluding hydrogens is 303 g/mol. The molecule has 2 unspecified atom stereocenters. The summed E-state index contributed by atoms with van der Waals surface area (Å²) in [5.41, 5.74) is -0.238. The van der Waals surface area contributed by atoms with Gasteiger partial charge in [-0.15, -0.1) is 13.2 Å². The Morgan fingerprint density at radius 1 is 1.32 bits per heavy atom. The standard InChI is InChI=1S/C14H14F3NO4/c1-8-9(13(20)21)6-7-18(8)12(19)10-4-2-3-5-11(10)22-14(15,16)17/h2-5,8-9H,6-7H2,1H3,(H,20,21). The molecule has 1 aromatic carbocycles. The third-order valence-corrected chi connectivity index (χ3v) is 3.68. The molecule has 2 rings (SSSR count). The highest BCUT2D eigenvalue weighted by Gasteiger charge is 2.40. The van der Waals surface area contributed by atoms with Crippen molar-refractivity contribution in [2.75, 3.05) is 6.54 Å². The van der Waals surface area contributed by atoms with E-state index in [4.69, 9.17) is 5.11 Å². The quantitative estimate of drug-likeness (QED) is 0.930. The SMILES string of the molecule is CC1C(C(=O)O)CCN1C(=O)c1ccccc1OC(F)(F)F. The van der Waals surface area contributed by atoms with Gasteiger partial charge in [0.05, 0.1) is 11.5 Å². The summed E-state index contributed by atoms with van der Waals surface area (Å²) in [5, 5.41) is 9.05. The number of carbonyl (C=O) groups is 2. The third kappa shape index (κ3) is 3.32. The Bertz CT molecular complexity index is 588. The maximum atomic E-state index is 12.4. The Morgan fingerprint density at radius 3 is 2.50 bits per heavy atom. The van der Waals surface area contributed by atoms with E-state index in [0.29, 0.717) is 0 Å². The van der Waals surface area contributed by atoms with Crippen LogP contribution < -0.4 is 4.74 Å². The predicted octanol–water partition coefficient (Wildman–Crippen LogP) is 2.52. The van der Waals surface area contributed by atoms with Gasteiger partial charge < -0.3 is 14.7 Å². The maximum Gasteiger partial charge on any atom is 0.573 e. The van der Waals surface area contributed by atoms with Gasteiger partial charge in [0.1, 0.15) is 5.75 Å². The molecule has 0 aromatic heterocycles. The molecule has 1 aliphatic heterocycles. The van der Waals surface area contributed by atoms with E-state index in [-0.39, 0.29) is 18.5 Å². The number of nitrogens with zero attached hydrogens (tertiary/aromatic N) is 1. The minimum atomic E-state index is -4.91. The molecule has 1 heterocycles. The van der Waals surface area contributed by atoms with E-state index >= 15 is 0 Å². The lowest BCUT2D eigenvalue weighted by Gasteiger charge is -2.24. The molecule has 120 valence electrons. The molecule has 0 radical (unpaired) electrons. The molecule has 1 N–H and O–H groups in total. The highest BCUT2D eigenvalue weighted by molar-refractivity contribution is 5.97. The first-order valence-electron chi connectivity index (χ1n) is 6.59. The number of likely N-dealkylation sites (tertiary alicyclic amines) is 1. The lowest BCUT2D eigenvalue weighted by Crippen LogP contribution is -2.38. The fourth-order valence-electron chi connectivity index (χ4n) is 2.57. The minimum absolute atomic E-state index is 0.178. The number of hydrogen-bond acceptors (Lipinski definition) is 3. The van der Waals surface area contributed by atoms with Crippen molar-refractivity contribution >= 4 is 11.9 Å². The van der Waals surface area contributed by atoms with Crippen LogP contribution >= 0.6 is 0 Å². The van der Waals surface area contributed by atoms with Gasteiger partial charge in [0, 0.05) is 12.6 Å². The highest BCUT2D eigenvalue weighted by atomic mass is 19.4. The third-order valence-electron chi connectivity index (χ3n) is 3.68. The molecule has 5 nitrogen and oxygen atoms in total. The molecule has 22 heavy (non-hydrogen) atoms. The van der Waals surface area contributed by atoms with Crippen molar-refractivity contribution in [1.82, 2.24) is 4.90 Å². The van der Waals surface area contributed by atoms with Crippen LogP contribution in [0.2, 0.25) is 0 Å². The van der Waals surface area contributed by atoms with Crippen molar-refractivity contribution in [2.45, 2.75) is 25.7 Å². The first-order chi connectivity index (χ1) is 10.2. The van der Waals surface area contributed by atoms with Gasteiger partial charge in [-0.2, -0.15) is 0 Å².